The van der Waals surface area contributed by atoms with Gasteiger partial charge in [-0.1, -0.05) is 49.2 Å². The van der Waals surface area contributed by atoms with Crippen molar-refractivity contribution < 1.29 is 19.6 Å². The van der Waals surface area contributed by atoms with Crippen LogP contribution in [-0.4, -0.2) is 22.6 Å². The lowest BCUT2D eigenvalue weighted by molar-refractivity contribution is -0.384. The highest BCUT2D eigenvalue weighted by Crippen LogP contribution is 2.33. The highest BCUT2D eigenvalue weighted by Gasteiger charge is 2.13. The Labute approximate surface area is 164 Å². The molecule has 0 aromatic heterocycles. The summed E-state index contributed by atoms with van der Waals surface area (Å²) >= 11 is 0. The average molecular weight is 383 g/mol. The van der Waals surface area contributed by atoms with E-state index in [-0.39, 0.29) is 5.69 Å². The highest BCUT2D eigenvalue weighted by atomic mass is 16.6. The molecule has 0 aliphatic carbocycles. The first-order chi connectivity index (χ1) is 13.5. The quantitative estimate of drug-likeness (QED) is 0.235. The minimum absolute atomic E-state index is 0.00951. The summed E-state index contributed by atoms with van der Waals surface area (Å²) in [6.07, 6.45) is 6.19. The fraction of sp³-hybridized carbons (Fsp3) is 0.318. The molecule has 0 amide bonds. The maximum Gasteiger partial charge on any atom is 0.330 e. The van der Waals surface area contributed by atoms with Crippen LogP contribution in [0.1, 0.15) is 39.0 Å². The molecule has 0 saturated carbocycles. The number of benzene rings is 2. The van der Waals surface area contributed by atoms with Crippen LogP contribution in [0.3, 0.4) is 0 Å². The van der Waals surface area contributed by atoms with Crippen molar-refractivity contribution in [3.63, 3.8) is 0 Å². The molecule has 0 aliphatic rings. The van der Waals surface area contributed by atoms with Gasteiger partial charge in [-0.2, -0.15) is 0 Å². The van der Waals surface area contributed by atoms with Gasteiger partial charge in [0.25, 0.3) is 5.69 Å². The molecule has 148 valence electrons. The Bertz CT molecular complexity index is 830. The van der Waals surface area contributed by atoms with E-state index in [0.717, 1.165) is 43.2 Å². The number of carboxylic acids is 1. The minimum atomic E-state index is -0.875. The SMILES string of the molecule is CC(=CCCCCCCOc1cc([N+](=O)[O-])ccc1-c1ccccc1)C(=O)O. The lowest BCUT2D eigenvalue weighted by atomic mass is 10.0. The van der Waals surface area contributed by atoms with Gasteiger partial charge in [0.2, 0.25) is 0 Å². The van der Waals surface area contributed by atoms with E-state index in [9.17, 15) is 14.9 Å². The first-order valence-corrected chi connectivity index (χ1v) is 9.35. The van der Waals surface area contributed by atoms with Crippen molar-refractivity contribution in [1.29, 1.82) is 0 Å². The van der Waals surface area contributed by atoms with E-state index in [1.54, 1.807) is 19.1 Å². The molecule has 28 heavy (non-hydrogen) atoms. The molecule has 0 heterocycles. The monoisotopic (exact) mass is 383 g/mol. The van der Waals surface area contributed by atoms with Crippen LogP contribution in [0.4, 0.5) is 5.69 Å². The van der Waals surface area contributed by atoms with Crippen LogP contribution >= 0.6 is 0 Å². The van der Waals surface area contributed by atoms with Gasteiger partial charge in [0.15, 0.2) is 0 Å². The van der Waals surface area contributed by atoms with Gasteiger partial charge in [0.1, 0.15) is 5.75 Å². The second kappa shape index (κ2) is 10.9. The van der Waals surface area contributed by atoms with Crippen molar-refractivity contribution in [1.82, 2.24) is 0 Å². The van der Waals surface area contributed by atoms with E-state index in [2.05, 4.69) is 0 Å². The van der Waals surface area contributed by atoms with Crippen LogP contribution in [0.5, 0.6) is 5.75 Å². The number of nitro groups is 1. The number of carbonyl (C=O) groups is 1. The summed E-state index contributed by atoms with van der Waals surface area (Å²) in [5, 5.41) is 19.9. The Kier molecular flexibility index (Phi) is 8.21. The summed E-state index contributed by atoms with van der Waals surface area (Å²) in [5.41, 5.74) is 2.17. The van der Waals surface area contributed by atoms with E-state index in [1.165, 1.54) is 12.1 Å². The molecule has 0 fully saturated rings. The van der Waals surface area contributed by atoms with Gasteiger partial charge in [-0.05, 0) is 37.8 Å². The van der Waals surface area contributed by atoms with Gasteiger partial charge in [0.05, 0.1) is 17.6 Å². The largest absolute Gasteiger partial charge is 0.493 e. The molecule has 0 radical (unpaired) electrons. The molecule has 2 rings (SSSR count). The number of hydrogen-bond acceptors (Lipinski definition) is 4. The number of non-ortho nitro benzene ring substituents is 1. The normalized spacial score (nSPS) is 11.2. The van der Waals surface area contributed by atoms with Crippen molar-refractivity contribution in [3.8, 4) is 16.9 Å². The molecular formula is C22H25NO5. The lowest BCUT2D eigenvalue weighted by Crippen LogP contribution is -2.00. The van der Waals surface area contributed by atoms with E-state index in [0.29, 0.717) is 17.9 Å². The predicted octanol–water partition coefficient (Wildman–Crippen LogP) is 5.62. The Hall–Kier alpha value is -3.15. The zero-order valence-electron chi connectivity index (χ0n) is 16.0. The zero-order valence-corrected chi connectivity index (χ0v) is 16.0. The summed E-state index contributed by atoms with van der Waals surface area (Å²) in [5.74, 6) is -0.361. The molecule has 0 aliphatic heterocycles. The van der Waals surface area contributed by atoms with Gasteiger partial charge < -0.3 is 9.84 Å². The summed E-state index contributed by atoms with van der Waals surface area (Å²) in [6.45, 7) is 2.07. The number of aliphatic carboxylic acids is 1. The molecule has 2 aromatic rings. The molecule has 0 bridgehead atoms. The Morgan fingerprint density at radius 1 is 1.11 bits per heavy atom. The van der Waals surface area contributed by atoms with Crippen molar-refractivity contribution >= 4 is 11.7 Å². The number of unbranched alkanes of at least 4 members (excludes halogenated alkanes) is 4. The molecular weight excluding hydrogens is 358 g/mol. The molecule has 6 nitrogen and oxygen atoms in total. The summed E-state index contributed by atoms with van der Waals surface area (Å²) in [7, 11) is 0. The van der Waals surface area contributed by atoms with E-state index < -0.39 is 10.9 Å². The molecule has 0 spiro atoms. The fourth-order valence-electron chi connectivity index (χ4n) is 2.79. The third kappa shape index (κ3) is 6.54. The number of allylic oxidation sites excluding steroid dienone is 1. The second-order valence-corrected chi connectivity index (χ2v) is 6.55. The van der Waals surface area contributed by atoms with Crippen LogP contribution in [0, 0.1) is 10.1 Å². The Morgan fingerprint density at radius 2 is 1.82 bits per heavy atom. The van der Waals surface area contributed by atoms with Crippen LogP contribution in [0.15, 0.2) is 60.2 Å². The van der Waals surface area contributed by atoms with Crippen molar-refractivity contribution in [3.05, 3.63) is 70.3 Å². The lowest BCUT2D eigenvalue weighted by Gasteiger charge is -2.12. The highest BCUT2D eigenvalue weighted by molar-refractivity contribution is 5.85. The average Bonchev–Trinajstić information content (AvgIpc) is 2.70. The van der Waals surface area contributed by atoms with Crippen LogP contribution in [0.25, 0.3) is 11.1 Å². The van der Waals surface area contributed by atoms with Crippen LogP contribution in [0.2, 0.25) is 0 Å². The molecule has 0 atom stereocenters. The molecule has 6 heteroatoms. The van der Waals surface area contributed by atoms with Crippen molar-refractivity contribution in [2.75, 3.05) is 6.61 Å². The maximum atomic E-state index is 11.1. The molecule has 0 saturated heterocycles. The van der Waals surface area contributed by atoms with Gasteiger partial charge >= 0.3 is 5.97 Å². The topological polar surface area (TPSA) is 89.7 Å². The zero-order chi connectivity index (χ0) is 20.4. The maximum absolute atomic E-state index is 11.1. The number of rotatable bonds is 11. The third-order valence-corrected chi connectivity index (χ3v) is 4.40. The number of ether oxygens (including phenoxy) is 1. The van der Waals surface area contributed by atoms with Crippen LogP contribution < -0.4 is 4.74 Å². The molecule has 1 N–H and O–H groups in total. The Balaban J connectivity index is 1.87. The predicted molar refractivity (Wildman–Crippen MR) is 109 cm³/mol. The number of hydrogen-bond donors (Lipinski definition) is 1. The number of nitro benzene ring substituents is 1. The summed E-state index contributed by atoms with van der Waals surface area (Å²) < 4.78 is 5.86. The van der Waals surface area contributed by atoms with E-state index in [4.69, 9.17) is 9.84 Å². The Morgan fingerprint density at radius 3 is 2.50 bits per heavy atom. The van der Waals surface area contributed by atoms with Gasteiger partial charge in [0, 0.05) is 17.2 Å². The van der Waals surface area contributed by atoms with Gasteiger partial charge in [-0.3, -0.25) is 10.1 Å². The van der Waals surface area contributed by atoms with Crippen LogP contribution in [-0.2, 0) is 4.79 Å². The second-order valence-electron chi connectivity index (χ2n) is 6.55. The summed E-state index contributed by atoms with van der Waals surface area (Å²) in [6, 6.07) is 14.3. The first-order valence-electron chi connectivity index (χ1n) is 9.35. The van der Waals surface area contributed by atoms with Gasteiger partial charge in [-0.15, -0.1) is 0 Å². The standard InChI is InChI=1S/C22H25NO5/c1-17(22(24)25)10-6-3-2-4-9-15-28-21-16-19(23(26)27)13-14-20(21)18-11-7-5-8-12-18/h5,7-8,10-14,16H,2-4,6,9,15H2,1H3,(H,24,25). The van der Waals surface area contributed by atoms with Gasteiger partial charge in [-0.25, -0.2) is 4.79 Å². The first kappa shape index (κ1) is 21.2. The summed E-state index contributed by atoms with van der Waals surface area (Å²) in [4.78, 5) is 21.4. The van der Waals surface area contributed by atoms with Crippen molar-refractivity contribution in [2.45, 2.75) is 39.0 Å². The fourth-order valence-corrected chi connectivity index (χ4v) is 2.79. The van der Waals surface area contributed by atoms with Crippen molar-refractivity contribution in [2.24, 2.45) is 0 Å². The number of carboxylic acid groups (broad SMARTS) is 1. The van der Waals surface area contributed by atoms with E-state index >= 15 is 0 Å². The third-order valence-electron chi connectivity index (χ3n) is 4.40. The molecule has 0 unspecified atom stereocenters. The van der Waals surface area contributed by atoms with E-state index in [1.807, 2.05) is 30.3 Å². The minimum Gasteiger partial charge on any atom is -0.493 e. The number of nitrogens with zero attached hydrogens (tertiary/aromatic N) is 1. The smallest absolute Gasteiger partial charge is 0.330 e. The molecule has 2 aromatic carbocycles.